The van der Waals surface area contributed by atoms with Crippen LogP contribution in [-0.4, -0.2) is 0 Å². The van der Waals surface area contributed by atoms with Gasteiger partial charge in [0.05, 0.1) is 6.04 Å². The molecule has 0 bridgehead atoms. The van der Waals surface area contributed by atoms with Gasteiger partial charge in [-0.3, -0.25) is 5.84 Å². The molecule has 2 aromatic carbocycles. The Bertz CT molecular complexity index is 545. The molecule has 1 atom stereocenters. The van der Waals surface area contributed by atoms with Gasteiger partial charge in [0, 0.05) is 9.50 Å². The lowest BCUT2D eigenvalue weighted by molar-refractivity contribution is 0.613. The van der Waals surface area contributed by atoms with Crippen LogP contribution in [0.25, 0.3) is 0 Å². The highest BCUT2D eigenvalue weighted by Gasteiger charge is 2.15. The van der Waals surface area contributed by atoms with Crippen LogP contribution < -0.4 is 11.3 Å². The number of nitrogens with one attached hydrogen (secondary N) is 1. The molecule has 0 aliphatic carbocycles. The summed E-state index contributed by atoms with van der Waals surface area (Å²) in [5, 5.41) is 0.660. The molecule has 2 aromatic rings. The van der Waals surface area contributed by atoms with Crippen LogP contribution >= 0.6 is 27.5 Å². The minimum Gasteiger partial charge on any atom is -0.271 e. The maximum Gasteiger partial charge on any atom is 0.124 e. The SMILES string of the molecule is NNC(c1ccc(Cl)cc1)c1ccc(F)cc1Br. The molecule has 0 fully saturated rings. The van der Waals surface area contributed by atoms with Gasteiger partial charge in [-0.1, -0.05) is 45.7 Å². The molecule has 1 unspecified atom stereocenters. The molecule has 18 heavy (non-hydrogen) atoms. The van der Waals surface area contributed by atoms with E-state index in [1.54, 1.807) is 18.2 Å². The molecular formula is C13H11BrClFN2. The lowest BCUT2D eigenvalue weighted by atomic mass is 9.99. The summed E-state index contributed by atoms with van der Waals surface area (Å²) in [6, 6.07) is 11.6. The van der Waals surface area contributed by atoms with Crippen LogP contribution in [0, 0.1) is 5.82 Å². The van der Waals surface area contributed by atoms with E-state index in [4.69, 9.17) is 17.4 Å². The minimum atomic E-state index is -0.294. The van der Waals surface area contributed by atoms with Crippen LogP contribution in [0.4, 0.5) is 4.39 Å². The summed E-state index contributed by atoms with van der Waals surface area (Å²) >= 11 is 9.19. The zero-order valence-corrected chi connectivity index (χ0v) is 11.7. The Morgan fingerprint density at radius 2 is 1.83 bits per heavy atom. The Balaban J connectivity index is 2.41. The molecule has 0 aliphatic rings. The Morgan fingerprint density at radius 1 is 1.17 bits per heavy atom. The number of rotatable bonds is 3. The number of hydrogen-bond acceptors (Lipinski definition) is 2. The van der Waals surface area contributed by atoms with Crippen molar-refractivity contribution in [2.75, 3.05) is 0 Å². The molecule has 3 N–H and O–H groups in total. The fourth-order valence-corrected chi connectivity index (χ4v) is 2.46. The van der Waals surface area contributed by atoms with Gasteiger partial charge in [-0.25, -0.2) is 9.82 Å². The van der Waals surface area contributed by atoms with Gasteiger partial charge in [0.1, 0.15) is 5.82 Å². The van der Waals surface area contributed by atoms with E-state index in [9.17, 15) is 4.39 Å². The lowest BCUT2D eigenvalue weighted by Gasteiger charge is -2.18. The van der Waals surface area contributed by atoms with E-state index < -0.39 is 0 Å². The molecular weight excluding hydrogens is 319 g/mol. The van der Waals surface area contributed by atoms with Crippen LogP contribution in [0.1, 0.15) is 17.2 Å². The van der Waals surface area contributed by atoms with Gasteiger partial charge < -0.3 is 0 Å². The van der Waals surface area contributed by atoms with Crippen molar-refractivity contribution in [3.8, 4) is 0 Å². The van der Waals surface area contributed by atoms with Gasteiger partial charge in [-0.05, 0) is 35.4 Å². The Kier molecular flexibility index (Phi) is 4.35. The number of halogens is 3. The van der Waals surface area contributed by atoms with Gasteiger partial charge in [-0.2, -0.15) is 0 Å². The van der Waals surface area contributed by atoms with Crippen molar-refractivity contribution in [3.63, 3.8) is 0 Å². The van der Waals surface area contributed by atoms with Gasteiger partial charge >= 0.3 is 0 Å². The van der Waals surface area contributed by atoms with Crippen LogP contribution in [0.15, 0.2) is 46.9 Å². The molecule has 2 nitrogen and oxygen atoms in total. The second kappa shape index (κ2) is 5.80. The van der Waals surface area contributed by atoms with Crippen molar-refractivity contribution in [1.29, 1.82) is 0 Å². The van der Waals surface area contributed by atoms with Crippen molar-refractivity contribution >= 4 is 27.5 Å². The van der Waals surface area contributed by atoms with E-state index in [0.29, 0.717) is 9.50 Å². The molecule has 0 heterocycles. The number of hydrogen-bond donors (Lipinski definition) is 2. The van der Waals surface area contributed by atoms with E-state index in [-0.39, 0.29) is 11.9 Å². The molecule has 0 saturated heterocycles. The fraction of sp³-hybridized carbons (Fsp3) is 0.0769. The van der Waals surface area contributed by atoms with Crippen molar-refractivity contribution < 1.29 is 4.39 Å². The van der Waals surface area contributed by atoms with E-state index in [1.165, 1.54) is 12.1 Å². The van der Waals surface area contributed by atoms with Crippen molar-refractivity contribution in [3.05, 3.63) is 68.9 Å². The van der Waals surface area contributed by atoms with Crippen molar-refractivity contribution in [2.45, 2.75) is 6.04 Å². The summed E-state index contributed by atoms with van der Waals surface area (Å²) in [4.78, 5) is 0. The first-order valence-corrected chi connectivity index (χ1v) is 6.45. The smallest absolute Gasteiger partial charge is 0.124 e. The number of benzene rings is 2. The average Bonchev–Trinajstić information content (AvgIpc) is 2.35. The first kappa shape index (κ1) is 13.5. The largest absolute Gasteiger partial charge is 0.271 e. The van der Waals surface area contributed by atoms with Gasteiger partial charge in [0.2, 0.25) is 0 Å². The quantitative estimate of drug-likeness (QED) is 0.664. The zero-order valence-electron chi connectivity index (χ0n) is 9.33. The number of hydrazine groups is 1. The maximum atomic E-state index is 13.1. The van der Waals surface area contributed by atoms with E-state index in [2.05, 4.69) is 21.4 Å². The average molecular weight is 330 g/mol. The summed E-state index contributed by atoms with van der Waals surface area (Å²) in [5.41, 5.74) is 4.53. The molecule has 0 amide bonds. The third-order valence-corrected chi connectivity index (χ3v) is 3.58. The van der Waals surface area contributed by atoms with Gasteiger partial charge in [-0.15, -0.1) is 0 Å². The van der Waals surface area contributed by atoms with Crippen molar-refractivity contribution in [1.82, 2.24) is 5.43 Å². The lowest BCUT2D eigenvalue weighted by Crippen LogP contribution is -2.29. The van der Waals surface area contributed by atoms with Crippen molar-refractivity contribution in [2.24, 2.45) is 5.84 Å². The molecule has 2 rings (SSSR count). The first-order chi connectivity index (χ1) is 8.61. The predicted octanol–water partition coefficient (Wildman–Crippen LogP) is 3.79. The second-order valence-corrected chi connectivity index (χ2v) is 5.11. The van der Waals surface area contributed by atoms with Crippen LogP contribution in [0.2, 0.25) is 5.02 Å². The van der Waals surface area contributed by atoms with E-state index in [0.717, 1.165) is 11.1 Å². The fourth-order valence-electron chi connectivity index (χ4n) is 1.76. The predicted molar refractivity (Wildman–Crippen MR) is 74.7 cm³/mol. The topological polar surface area (TPSA) is 38.0 Å². The molecule has 94 valence electrons. The number of nitrogens with two attached hydrogens (primary N) is 1. The third kappa shape index (κ3) is 2.90. The molecule has 0 aromatic heterocycles. The third-order valence-electron chi connectivity index (χ3n) is 2.64. The molecule has 0 saturated carbocycles. The van der Waals surface area contributed by atoms with Crippen LogP contribution in [0.3, 0.4) is 0 Å². The Hall–Kier alpha value is -0.940. The molecule has 0 radical (unpaired) electrons. The summed E-state index contributed by atoms with van der Waals surface area (Å²) in [6.45, 7) is 0. The van der Waals surface area contributed by atoms with Gasteiger partial charge in [0.25, 0.3) is 0 Å². The standard InChI is InChI=1S/C13H11BrClFN2/c14-12-7-10(16)5-6-11(12)13(18-17)8-1-3-9(15)4-2-8/h1-7,13,18H,17H2. The summed E-state index contributed by atoms with van der Waals surface area (Å²) in [7, 11) is 0. The maximum absolute atomic E-state index is 13.1. The summed E-state index contributed by atoms with van der Waals surface area (Å²) in [5.74, 6) is 5.29. The highest BCUT2D eigenvalue weighted by Crippen LogP contribution is 2.29. The van der Waals surface area contributed by atoms with E-state index >= 15 is 0 Å². The molecule has 5 heteroatoms. The van der Waals surface area contributed by atoms with E-state index in [1.807, 2.05) is 12.1 Å². The van der Waals surface area contributed by atoms with Crippen LogP contribution in [-0.2, 0) is 0 Å². The Labute approximate surface area is 118 Å². The molecule has 0 spiro atoms. The monoisotopic (exact) mass is 328 g/mol. The minimum absolute atomic E-state index is 0.225. The normalized spacial score (nSPS) is 12.4. The van der Waals surface area contributed by atoms with Gasteiger partial charge in [0.15, 0.2) is 0 Å². The summed E-state index contributed by atoms with van der Waals surface area (Å²) < 4.78 is 13.7. The Morgan fingerprint density at radius 3 is 2.39 bits per heavy atom. The zero-order chi connectivity index (χ0) is 13.1. The highest BCUT2D eigenvalue weighted by atomic mass is 79.9. The van der Waals surface area contributed by atoms with Crippen LogP contribution in [0.5, 0.6) is 0 Å². The molecule has 0 aliphatic heterocycles. The second-order valence-electron chi connectivity index (χ2n) is 3.82. The first-order valence-electron chi connectivity index (χ1n) is 5.28. The highest BCUT2D eigenvalue weighted by molar-refractivity contribution is 9.10. The summed E-state index contributed by atoms with van der Waals surface area (Å²) in [6.07, 6.45) is 0.